The van der Waals surface area contributed by atoms with Gasteiger partial charge in [0.05, 0.1) is 0 Å². The van der Waals surface area contributed by atoms with Crippen LogP contribution in [0.5, 0.6) is 0 Å². The molecule has 1 heterocycles. The van der Waals surface area contributed by atoms with E-state index in [9.17, 15) is 9.59 Å². The summed E-state index contributed by atoms with van der Waals surface area (Å²) < 4.78 is 0. The number of piperidine rings is 1. The number of nitrogens with one attached hydrogen (secondary N) is 1. The standard InChI is InChI=1S/C19H28N2O2/c1-4-15(5-2)18(22)20-17-10-6-9-16(12-17)19(23)21-11-7-8-14(3)13-21/h6,9-10,12,14-15H,4-5,7-8,11,13H2,1-3H3,(H,20,22). The minimum Gasteiger partial charge on any atom is -0.338 e. The molecule has 126 valence electrons. The van der Waals surface area contributed by atoms with Crippen molar-refractivity contribution in [2.75, 3.05) is 18.4 Å². The number of benzene rings is 1. The van der Waals surface area contributed by atoms with E-state index in [0.717, 1.165) is 32.4 Å². The smallest absolute Gasteiger partial charge is 0.253 e. The van der Waals surface area contributed by atoms with E-state index in [-0.39, 0.29) is 17.7 Å². The fourth-order valence-electron chi connectivity index (χ4n) is 3.19. The third-order valence-corrected chi connectivity index (χ3v) is 4.68. The van der Waals surface area contributed by atoms with Gasteiger partial charge in [-0.25, -0.2) is 0 Å². The predicted molar refractivity (Wildman–Crippen MR) is 93.4 cm³/mol. The first-order chi connectivity index (χ1) is 11.0. The molecule has 0 saturated carbocycles. The Hall–Kier alpha value is -1.84. The Labute approximate surface area is 139 Å². The highest BCUT2D eigenvalue weighted by molar-refractivity contribution is 5.97. The van der Waals surface area contributed by atoms with Crippen molar-refractivity contribution in [3.63, 3.8) is 0 Å². The molecule has 1 aliphatic rings. The molecule has 1 N–H and O–H groups in total. The Kier molecular flexibility index (Phi) is 6.20. The lowest BCUT2D eigenvalue weighted by Gasteiger charge is -2.31. The SMILES string of the molecule is CCC(CC)C(=O)Nc1cccc(C(=O)N2CCCC(C)C2)c1. The fraction of sp³-hybridized carbons (Fsp3) is 0.579. The quantitative estimate of drug-likeness (QED) is 0.894. The lowest BCUT2D eigenvalue weighted by molar-refractivity contribution is -0.120. The molecule has 1 aromatic rings. The van der Waals surface area contributed by atoms with E-state index in [4.69, 9.17) is 0 Å². The Bertz CT molecular complexity index is 552. The van der Waals surface area contributed by atoms with Gasteiger partial charge < -0.3 is 10.2 Å². The Morgan fingerprint density at radius 2 is 2.04 bits per heavy atom. The number of hydrogen-bond acceptors (Lipinski definition) is 2. The van der Waals surface area contributed by atoms with Crippen molar-refractivity contribution in [1.82, 2.24) is 4.90 Å². The first-order valence-electron chi connectivity index (χ1n) is 8.75. The molecule has 4 heteroatoms. The van der Waals surface area contributed by atoms with Gasteiger partial charge in [0.25, 0.3) is 5.91 Å². The molecular weight excluding hydrogens is 288 g/mol. The zero-order valence-corrected chi connectivity index (χ0v) is 14.5. The number of hydrogen-bond donors (Lipinski definition) is 1. The number of nitrogens with zero attached hydrogens (tertiary/aromatic N) is 1. The van der Waals surface area contributed by atoms with Gasteiger partial charge in [0.1, 0.15) is 0 Å². The van der Waals surface area contributed by atoms with Crippen LogP contribution < -0.4 is 5.32 Å². The average Bonchev–Trinajstić information content (AvgIpc) is 2.55. The highest BCUT2D eigenvalue weighted by Gasteiger charge is 2.22. The van der Waals surface area contributed by atoms with E-state index < -0.39 is 0 Å². The molecule has 2 amide bonds. The second-order valence-electron chi connectivity index (χ2n) is 6.58. The molecule has 0 aromatic heterocycles. The molecule has 2 rings (SSSR count). The number of anilines is 1. The minimum atomic E-state index is 0.0253. The first kappa shape index (κ1) is 17.5. The molecule has 0 spiro atoms. The van der Waals surface area contributed by atoms with Crippen LogP contribution in [0.25, 0.3) is 0 Å². The summed E-state index contributed by atoms with van der Waals surface area (Å²) in [5.74, 6) is 0.684. The van der Waals surface area contributed by atoms with Crippen LogP contribution in [0.1, 0.15) is 56.8 Å². The van der Waals surface area contributed by atoms with Gasteiger partial charge in [0.2, 0.25) is 5.91 Å². The molecule has 1 fully saturated rings. The van der Waals surface area contributed by atoms with Crippen LogP contribution in [0.4, 0.5) is 5.69 Å². The number of likely N-dealkylation sites (tertiary alicyclic amines) is 1. The van der Waals surface area contributed by atoms with Gasteiger partial charge >= 0.3 is 0 Å². The molecule has 0 aliphatic carbocycles. The van der Waals surface area contributed by atoms with E-state index in [0.29, 0.717) is 17.2 Å². The van der Waals surface area contributed by atoms with Crippen LogP contribution in [0, 0.1) is 11.8 Å². The lowest BCUT2D eigenvalue weighted by Crippen LogP contribution is -2.39. The van der Waals surface area contributed by atoms with Crippen molar-refractivity contribution in [1.29, 1.82) is 0 Å². The van der Waals surface area contributed by atoms with Gasteiger partial charge in [0, 0.05) is 30.3 Å². The number of carbonyl (C=O) groups excluding carboxylic acids is 2. The van der Waals surface area contributed by atoms with Crippen molar-refractivity contribution in [2.45, 2.75) is 46.5 Å². The van der Waals surface area contributed by atoms with Crippen LogP contribution in [-0.4, -0.2) is 29.8 Å². The number of amides is 2. The molecule has 23 heavy (non-hydrogen) atoms. The molecule has 1 aliphatic heterocycles. The fourth-order valence-corrected chi connectivity index (χ4v) is 3.19. The Balaban J connectivity index is 2.07. The molecule has 1 unspecified atom stereocenters. The summed E-state index contributed by atoms with van der Waals surface area (Å²) in [4.78, 5) is 26.8. The minimum absolute atomic E-state index is 0.0253. The highest BCUT2D eigenvalue weighted by atomic mass is 16.2. The van der Waals surface area contributed by atoms with Crippen LogP contribution in [0.3, 0.4) is 0 Å². The number of carbonyl (C=O) groups is 2. The van der Waals surface area contributed by atoms with E-state index in [2.05, 4.69) is 12.2 Å². The van der Waals surface area contributed by atoms with Crippen molar-refractivity contribution in [2.24, 2.45) is 11.8 Å². The molecule has 4 nitrogen and oxygen atoms in total. The zero-order valence-electron chi connectivity index (χ0n) is 14.5. The molecule has 0 radical (unpaired) electrons. The summed E-state index contributed by atoms with van der Waals surface area (Å²) in [7, 11) is 0. The zero-order chi connectivity index (χ0) is 16.8. The van der Waals surface area contributed by atoms with Gasteiger partial charge in [-0.05, 0) is 49.8 Å². The average molecular weight is 316 g/mol. The van der Waals surface area contributed by atoms with E-state index in [1.807, 2.05) is 36.9 Å². The van der Waals surface area contributed by atoms with Gasteiger partial charge in [0.15, 0.2) is 0 Å². The first-order valence-corrected chi connectivity index (χ1v) is 8.75. The molecule has 1 saturated heterocycles. The summed E-state index contributed by atoms with van der Waals surface area (Å²) in [5.41, 5.74) is 1.36. The maximum Gasteiger partial charge on any atom is 0.253 e. The van der Waals surface area contributed by atoms with Crippen LogP contribution >= 0.6 is 0 Å². The van der Waals surface area contributed by atoms with Crippen LogP contribution in [0.2, 0.25) is 0 Å². The molecule has 1 aromatic carbocycles. The number of rotatable bonds is 5. The van der Waals surface area contributed by atoms with Crippen molar-refractivity contribution in [3.05, 3.63) is 29.8 Å². The molecule has 0 bridgehead atoms. The highest BCUT2D eigenvalue weighted by Crippen LogP contribution is 2.20. The van der Waals surface area contributed by atoms with Crippen LogP contribution in [0.15, 0.2) is 24.3 Å². The van der Waals surface area contributed by atoms with Crippen molar-refractivity contribution >= 4 is 17.5 Å². The van der Waals surface area contributed by atoms with E-state index in [1.165, 1.54) is 6.42 Å². The largest absolute Gasteiger partial charge is 0.338 e. The van der Waals surface area contributed by atoms with Gasteiger partial charge in [-0.1, -0.05) is 26.8 Å². The second-order valence-corrected chi connectivity index (χ2v) is 6.58. The van der Waals surface area contributed by atoms with Crippen molar-refractivity contribution in [3.8, 4) is 0 Å². The summed E-state index contributed by atoms with van der Waals surface area (Å²) in [6.45, 7) is 7.87. The molecular formula is C19H28N2O2. The Morgan fingerprint density at radius 3 is 2.70 bits per heavy atom. The normalized spacial score (nSPS) is 18.1. The van der Waals surface area contributed by atoms with E-state index >= 15 is 0 Å². The maximum atomic E-state index is 12.6. The van der Waals surface area contributed by atoms with Gasteiger partial charge in [-0.2, -0.15) is 0 Å². The summed E-state index contributed by atoms with van der Waals surface area (Å²) in [6, 6.07) is 7.30. The predicted octanol–water partition coefficient (Wildman–Crippen LogP) is 3.93. The second kappa shape index (κ2) is 8.14. The topological polar surface area (TPSA) is 49.4 Å². The molecule has 1 atom stereocenters. The van der Waals surface area contributed by atoms with Crippen LogP contribution in [-0.2, 0) is 4.79 Å². The maximum absolute atomic E-state index is 12.6. The van der Waals surface area contributed by atoms with Gasteiger partial charge in [-0.3, -0.25) is 9.59 Å². The van der Waals surface area contributed by atoms with Crippen molar-refractivity contribution < 1.29 is 9.59 Å². The summed E-state index contributed by atoms with van der Waals surface area (Å²) in [5, 5.41) is 2.94. The summed E-state index contributed by atoms with van der Waals surface area (Å²) in [6.07, 6.45) is 3.91. The third-order valence-electron chi connectivity index (χ3n) is 4.68. The summed E-state index contributed by atoms with van der Waals surface area (Å²) >= 11 is 0. The van der Waals surface area contributed by atoms with Gasteiger partial charge in [-0.15, -0.1) is 0 Å². The Morgan fingerprint density at radius 1 is 1.30 bits per heavy atom. The van der Waals surface area contributed by atoms with E-state index in [1.54, 1.807) is 6.07 Å². The lowest BCUT2D eigenvalue weighted by atomic mass is 9.99. The third kappa shape index (κ3) is 4.57. The monoisotopic (exact) mass is 316 g/mol.